The molecule has 704 valence electrons. The van der Waals surface area contributed by atoms with Gasteiger partial charge >= 0.3 is 33.7 Å². The Morgan fingerprint density at radius 1 is 0.407 bits per heavy atom. The maximum Gasteiger partial charge on any atom is 0.472 e. The largest absolute Gasteiger partial charge is 0.472 e. The van der Waals surface area contributed by atoms with Gasteiger partial charge in [0.2, 0.25) is 35.4 Å². The lowest BCUT2D eigenvalue weighted by Gasteiger charge is -2.50. The number of hydrogen-bond donors (Lipinski definition) is 19. The molecule has 0 aromatic carbocycles. The fourth-order valence-electron chi connectivity index (χ4n) is 16.0. The van der Waals surface area contributed by atoms with Crippen LogP contribution >= 0.6 is 15.6 Å². The highest BCUT2D eigenvalue weighted by atomic mass is 31.2. The summed E-state index contributed by atoms with van der Waals surface area (Å²) in [7, 11) is -11.2. The van der Waals surface area contributed by atoms with Crippen molar-refractivity contribution in [3.05, 3.63) is 0 Å². The Morgan fingerprint density at radius 3 is 0.927 bits per heavy atom. The van der Waals surface area contributed by atoms with E-state index in [1.54, 1.807) is 28.5 Å². The minimum atomic E-state index is -5.58. The van der Waals surface area contributed by atoms with E-state index in [9.17, 15) is 118 Å². The second kappa shape index (κ2) is 45.7. The molecule has 9 rings (SSSR count). The molecule has 26 atom stereocenters. The summed E-state index contributed by atoms with van der Waals surface area (Å²) in [6.45, 7) is -1.26. The number of phosphoric acid groups is 2. The van der Waals surface area contributed by atoms with Crippen LogP contribution in [-0.4, -0.2) is 434 Å². The van der Waals surface area contributed by atoms with E-state index in [1.165, 1.54) is 37.5 Å². The van der Waals surface area contributed by atoms with Crippen LogP contribution in [0.4, 0.5) is 14.4 Å². The molecule has 12 amide bonds. The monoisotopic (exact) mass is 1810 g/mol. The fourth-order valence-corrected chi connectivity index (χ4v) is 17.7. The molecular formula is C72H124N12O37P2. The summed E-state index contributed by atoms with van der Waals surface area (Å²) in [5, 5.41) is 130. The van der Waals surface area contributed by atoms with Crippen molar-refractivity contribution in [3.8, 4) is 0 Å². The maximum absolute atomic E-state index is 14.8. The Balaban J connectivity index is 0.938. The van der Waals surface area contributed by atoms with Gasteiger partial charge in [-0.1, -0.05) is 20.8 Å². The van der Waals surface area contributed by atoms with Gasteiger partial charge in [-0.05, 0) is 77.4 Å². The number of phosphoric ester groups is 2. The summed E-state index contributed by atoms with van der Waals surface area (Å²) < 4.78 is 107. The van der Waals surface area contributed by atoms with Crippen LogP contribution in [0.2, 0.25) is 0 Å². The van der Waals surface area contributed by atoms with Crippen molar-refractivity contribution in [1.82, 2.24) is 61.3 Å². The van der Waals surface area contributed by atoms with Gasteiger partial charge in [-0.3, -0.25) is 92.2 Å². The minimum Gasteiger partial charge on any atom is -0.394 e. The van der Waals surface area contributed by atoms with Crippen molar-refractivity contribution >= 4 is 69.2 Å². The fraction of sp³-hybridized carbons (Fsp3) is 0.875. The number of nitrogens with one attached hydrogen (secondary N) is 6. The molecule has 0 aliphatic carbocycles. The molecular weight excluding hydrogens is 1690 g/mol. The molecule has 51 heteroatoms. The molecule has 0 aromatic heterocycles. The van der Waals surface area contributed by atoms with Crippen LogP contribution in [0.25, 0.3) is 0 Å². The van der Waals surface area contributed by atoms with Crippen LogP contribution in [0.3, 0.4) is 0 Å². The Hall–Kier alpha value is -5.47. The average molecular weight is 1810 g/mol. The number of ether oxygens (including phenoxy) is 9. The van der Waals surface area contributed by atoms with Crippen LogP contribution in [0.15, 0.2) is 0 Å². The van der Waals surface area contributed by atoms with Gasteiger partial charge in [-0.2, -0.15) is 0 Å². The lowest BCUT2D eigenvalue weighted by molar-refractivity contribution is -0.270. The molecule has 6 unspecified atom stereocenters. The van der Waals surface area contributed by atoms with Gasteiger partial charge in [0.05, 0.1) is 77.2 Å². The predicted molar refractivity (Wildman–Crippen MR) is 413 cm³/mol. The normalized spacial score (nSPS) is 36.3. The molecule has 19 N–H and O–H groups in total. The standard InChI is InChI=1S/C72H124N12O37P2/c1-40-22-82(67(102)76-61(40)99)49-25-79(16-10-7-13-19-109-64-52(73-43(4)90)58(96)55(93)46(28-85)116-64)31-70(34-88,119-49)36-112-122(105,106)114-38-72(33-81(27-51(121-72)84-24-42(3)63(101)78-69(84)104)18-12-9-15-21-111-66-54(75-45(6)92)60(98)57(95)48(30-87)118-66)39-115-123(107,108)113-37-71(35-89)32-80(26-50(120-71)83-23-41(2)62(100)77-68(83)103)17-11-8-14-20-110-65-53(74-44(5)91)59(97)56(94)47(29-86)117-65/h40-42,46-60,64-66,85-89,93-98H,7-39H2,1-6H3,(H,73,90)(H,74,91)(H,75,92)(H,105,106)(H,107,108)(H,76,99,102)(H,77,100,103)(H,78,101,104)/t40?,41?,42?,46-,47-,48-,49-,50-,51-,52-,53-,54-,55+,56+,57+,58-,59-,60-,64-,65-,66-,70-,71+,72?/m1/s1. The molecule has 49 nitrogen and oxygen atoms in total. The number of aliphatic hydroxyl groups is 11. The Kier molecular flexibility index (Phi) is 37.6. The van der Waals surface area contributed by atoms with Crippen molar-refractivity contribution in [2.45, 2.75) is 227 Å². The van der Waals surface area contributed by atoms with Crippen LogP contribution in [0, 0.1) is 17.8 Å². The summed E-state index contributed by atoms with van der Waals surface area (Å²) in [5.41, 5.74) is -6.24. The second-order valence-corrected chi connectivity index (χ2v) is 35.9. The van der Waals surface area contributed by atoms with Crippen molar-refractivity contribution in [1.29, 1.82) is 0 Å². The lowest BCUT2D eigenvalue weighted by atomic mass is 9.97. The molecule has 0 spiro atoms. The van der Waals surface area contributed by atoms with Gasteiger partial charge in [0, 0.05) is 99.5 Å². The molecule has 9 fully saturated rings. The van der Waals surface area contributed by atoms with E-state index in [1.807, 2.05) is 0 Å². The third-order valence-corrected chi connectivity index (χ3v) is 24.5. The van der Waals surface area contributed by atoms with Gasteiger partial charge in [0.15, 0.2) is 18.9 Å². The van der Waals surface area contributed by atoms with Gasteiger partial charge in [-0.15, -0.1) is 0 Å². The Labute approximate surface area is 709 Å². The van der Waals surface area contributed by atoms with Crippen molar-refractivity contribution < 1.29 is 179 Å². The minimum absolute atomic E-state index is 0.00351. The summed E-state index contributed by atoms with van der Waals surface area (Å²) in [4.78, 5) is 148. The third kappa shape index (κ3) is 27.6. The molecule has 9 heterocycles. The van der Waals surface area contributed by atoms with Crippen LogP contribution in [0.5, 0.6) is 0 Å². The first-order chi connectivity index (χ1) is 58.2. The molecule has 9 aliphatic rings. The summed E-state index contributed by atoms with van der Waals surface area (Å²) in [6.07, 6.45) is -17.8. The average Bonchev–Trinajstić information content (AvgIpc) is 0.778. The van der Waals surface area contributed by atoms with Crippen molar-refractivity contribution in [3.63, 3.8) is 0 Å². The quantitative estimate of drug-likeness (QED) is 0.0199. The van der Waals surface area contributed by atoms with Gasteiger partial charge in [0.1, 0.15) is 109 Å². The molecule has 123 heavy (non-hydrogen) atoms. The molecule has 0 aromatic rings. The summed E-state index contributed by atoms with van der Waals surface area (Å²) in [5.74, 6) is -5.86. The van der Waals surface area contributed by atoms with Crippen LogP contribution < -0.4 is 31.9 Å². The van der Waals surface area contributed by atoms with Gasteiger partial charge in [0.25, 0.3) is 0 Å². The highest BCUT2D eigenvalue weighted by molar-refractivity contribution is 7.47. The van der Waals surface area contributed by atoms with E-state index in [0.717, 1.165) is 4.90 Å². The predicted octanol–water partition coefficient (Wildman–Crippen LogP) is -7.62. The van der Waals surface area contributed by atoms with E-state index < -0.39 is 280 Å². The SMILES string of the molecule is CC(=O)N[C@H]1[C@H](OCCCCCN2C[C@H](N3CC(C)C(=O)NC3=O)OC(COP(=O)(O)OC[C@@]3(CO)CN(CCCCCO[C@@H]4O[C@H](CO)[C@H](O)[C@H](O)[C@H]4NC(C)=O)C[C@H](N4CC(C)C(=O)NC4=O)O3)(COP(=O)(O)OC[C@]3(CO)CN(CCCCCO[C@@H]4O[C@H](CO)[C@H](O)[C@H](O)[C@H]4NC(C)=O)C[C@H](N4CC(C)C(=O)NC4=O)O3)C2)O[C@H](CO)[C@H](O)[C@@H]1O. The number of aliphatic hydroxyl groups excluding tert-OH is 11. The summed E-state index contributed by atoms with van der Waals surface area (Å²) >= 11 is 0. The van der Waals surface area contributed by atoms with E-state index in [2.05, 4.69) is 31.9 Å². The second-order valence-electron chi connectivity index (χ2n) is 33.0. The van der Waals surface area contributed by atoms with E-state index in [4.69, 9.17) is 60.7 Å². The first-order valence-electron chi connectivity index (χ1n) is 41.2. The summed E-state index contributed by atoms with van der Waals surface area (Å²) in [6, 6.07) is -6.29. The van der Waals surface area contributed by atoms with Crippen molar-refractivity contribution in [2.75, 3.05) is 158 Å². The smallest absolute Gasteiger partial charge is 0.394 e. The van der Waals surface area contributed by atoms with E-state index >= 15 is 0 Å². The number of carbonyl (C=O) groups excluding carboxylic acids is 9. The van der Waals surface area contributed by atoms with Crippen LogP contribution in [-0.2, 0) is 98.6 Å². The van der Waals surface area contributed by atoms with Crippen LogP contribution in [0.1, 0.15) is 99.3 Å². The van der Waals surface area contributed by atoms with Crippen molar-refractivity contribution in [2.24, 2.45) is 17.8 Å². The first kappa shape index (κ1) is 101. The number of carbonyl (C=O) groups is 9. The zero-order chi connectivity index (χ0) is 90.1. The lowest BCUT2D eigenvalue weighted by Crippen LogP contribution is -2.67. The van der Waals surface area contributed by atoms with Gasteiger partial charge < -0.3 is 125 Å². The molecule has 0 saturated carbocycles. The molecule has 0 bridgehead atoms. The number of imide groups is 3. The van der Waals surface area contributed by atoms with Gasteiger partial charge in [-0.25, -0.2) is 23.5 Å². The van der Waals surface area contributed by atoms with E-state index in [0.29, 0.717) is 44.9 Å². The number of rotatable bonds is 44. The first-order valence-corrected chi connectivity index (χ1v) is 44.2. The zero-order valence-electron chi connectivity index (χ0n) is 69.6. The molecule has 0 radical (unpaired) electrons. The number of amides is 12. The van der Waals surface area contributed by atoms with E-state index in [-0.39, 0.29) is 105 Å². The molecule has 9 aliphatic heterocycles. The number of unbranched alkanes of at least 4 members (excludes halogenated alkanes) is 6. The number of nitrogens with zero attached hydrogens (tertiary/aromatic N) is 6. The third-order valence-electron chi connectivity index (χ3n) is 22.7. The Bertz CT molecular complexity index is 3480. The zero-order valence-corrected chi connectivity index (χ0v) is 71.4. The number of hydrogen-bond acceptors (Lipinski definition) is 38. The number of urea groups is 3. The highest BCUT2D eigenvalue weighted by Gasteiger charge is 2.55. The number of morpholine rings is 3. The Morgan fingerprint density at radius 2 is 0.667 bits per heavy atom. The maximum atomic E-state index is 14.8. The topological polar surface area (TPSA) is 662 Å². The highest BCUT2D eigenvalue weighted by Crippen LogP contribution is 2.50. The molecule has 9 saturated heterocycles.